The summed E-state index contributed by atoms with van der Waals surface area (Å²) in [5.41, 5.74) is 0.226. The molecule has 2 atom stereocenters. The predicted octanol–water partition coefficient (Wildman–Crippen LogP) is 1.27. The summed E-state index contributed by atoms with van der Waals surface area (Å²) >= 11 is 0. The zero-order chi connectivity index (χ0) is 14.1. The molecule has 0 aliphatic carbocycles. The summed E-state index contributed by atoms with van der Waals surface area (Å²) in [5.74, 6) is 1.14. The van der Waals surface area contributed by atoms with Crippen molar-refractivity contribution < 1.29 is 8.42 Å². The lowest BCUT2D eigenvalue weighted by atomic mass is 9.88. The normalized spacial score (nSPS) is 34.5. The van der Waals surface area contributed by atoms with Gasteiger partial charge >= 0.3 is 0 Å². The molecule has 2 saturated heterocycles. The number of hydrogen-bond donors (Lipinski definition) is 1. The molecule has 0 radical (unpaired) electrons. The largest absolute Gasteiger partial charge is 0.308 e. The minimum atomic E-state index is -2.75. The summed E-state index contributed by atoms with van der Waals surface area (Å²) in [6, 6.07) is 0.509. The van der Waals surface area contributed by atoms with Gasteiger partial charge in [-0.2, -0.15) is 0 Å². The highest BCUT2D eigenvalue weighted by atomic mass is 32.2. The highest BCUT2D eigenvalue weighted by Crippen LogP contribution is 2.26. The van der Waals surface area contributed by atoms with Crippen LogP contribution in [-0.2, 0) is 9.84 Å². The molecule has 2 fully saturated rings. The van der Waals surface area contributed by atoms with Gasteiger partial charge in [-0.15, -0.1) is 0 Å². The first-order valence-electron chi connectivity index (χ1n) is 7.59. The fraction of sp³-hybridized carbons (Fsp3) is 1.00. The molecule has 1 N–H and O–H groups in total. The van der Waals surface area contributed by atoms with Gasteiger partial charge in [-0.3, -0.25) is 4.90 Å². The van der Waals surface area contributed by atoms with Crippen LogP contribution in [0.3, 0.4) is 0 Å². The molecule has 0 aromatic rings. The van der Waals surface area contributed by atoms with Gasteiger partial charge in [0.1, 0.15) is 0 Å². The maximum Gasteiger partial charge on any atom is 0.150 e. The van der Waals surface area contributed by atoms with Crippen LogP contribution in [0, 0.1) is 5.92 Å². The molecule has 2 heterocycles. The molecule has 2 aliphatic rings. The Labute approximate surface area is 117 Å². The topological polar surface area (TPSA) is 49.4 Å². The molecule has 4 nitrogen and oxygen atoms in total. The van der Waals surface area contributed by atoms with E-state index in [4.69, 9.17) is 0 Å². The third-order valence-corrected chi connectivity index (χ3v) is 6.91. The molecule has 2 aliphatic heterocycles. The molecule has 0 aromatic heterocycles. The first-order valence-corrected chi connectivity index (χ1v) is 9.41. The third-order valence-electron chi connectivity index (χ3n) is 5.07. The molecule has 0 bridgehead atoms. The van der Waals surface area contributed by atoms with Gasteiger partial charge in [0, 0.05) is 31.2 Å². The Hall–Kier alpha value is -0.130. The van der Waals surface area contributed by atoms with Crippen molar-refractivity contribution in [2.45, 2.75) is 51.6 Å². The standard InChI is InChI=1S/C14H28N2O2S/c1-4-14(5-2)11-16(12(3)8-15-14)9-13-6-7-19(17,18)10-13/h12-13,15H,4-11H2,1-3H3. The van der Waals surface area contributed by atoms with E-state index in [0.717, 1.165) is 38.9 Å². The molecular formula is C14H28N2O2S. The number of piperazine rings is 1. The molecule has 0 spiro atoms. The Morgan fingerprint density at radius 1 is 1.32 bits per heavy atom. The molecule has 0 aromatic carbocycles. The van der Waals surface area contributed by atoms with Gasteiger partial charge in [-0.05, 0) is 32.1 Å². The molecule has 2 unspecified atom stereocenters. The van der Waals surface area contributed by atoms with Crippen LogP contribution >= 0.6 is 0 Å². The maximum atomic E-state index is 11.6. The summed E-state index contributed by atoms with van der Waals surface area (Å²) in [6.45, 7) is 9.74. The van der Waals surface area contributed by atoms with E-state index >= 15 is 0 Å². The van der Waals surface area contributed by atoms with Gasteiger partial charge in [-0.25, -0.2) is 8.42 Å². The summed E-state index contributed by atoms with van der Waals surface area (Å²) < 4.78 is 23.1. The van der Waals surface area contributed by atoms with E-state index in [2.05, 4.69) is 31.0 Å². The van der Waals surface area contributed by atoms with Crippen LogP contribution in [0.15, 0.2) is 0 Å². The minimum absolute atomic E-state index is 0.226. The van der Waals surface area contributed by atoms with Crippen LogP contribution in [0.2, 0.25) is 0 Å². The van der Waals surface area contributed by atoms with E-state index in [-0.39, 0.29) is 5.54 Å². The van der Waals surface area contributed by atoms with Crippen LogP contribution in [0.4, 0.5) is 0 Å². The van der Waals surface area contributed by atoms with E-state index in [1.54, 1.807) is 0 Å². The van der Waals surface area contributed by atoms with Crippen LogP contribution in [0.5, 0.6) is 0 Å². The smallest absolute Gasteiger partial charge is 0.150 e. The Morgan fingerprint density at radius 3 is 2.53 bits per heavy atom. The van der Waals surface area contributed by atoms with Crippen molar-refractivity contribution in [1.29, 1.82) is 0 Å². The lowest BCUT2D eigenvalue weighted by Crippen LogP contribution is -2.63. The van der Waals surface area contributed by atoms with Gasteiger partial charge in [0.25, 0.3) is 0 Å². The molecule has 0 saturated carbocycles. The molecule has 112 valence electrons. The van der Waals surface area contributed by atoms with Crippen LogP contribution in [-0.4, -0.2) is 56.0 Å². The SMILES string of the molecule is CCC1(CC)CN(CC2CCS(=O)(=O)C2)C(C)CN1. The van der Waals surface area contributed by atoms with Crippen LogP contribution in [0.25, 0.3) is 0 Å². The van der Waals surface area contributed by atoms with Gasteiger partial charge in [0.15, 0.2) is 9.84 Å². The van der Waals surface area contributed by atoms with Crippen molar-refractivity contribution in [2.75, 3.05) is 31.1 Å². The number of nitrogens with one attached hydrogen (secondary N) is 1. The van der Waals surface area contributed by atoms with E-state index in [1.807, 2.05) is 0 Å². The average molecular weight is 288 g/mol. The second-order valence-electron chi connectivity index (χ2n) is 6.42. The molecule has 5 heteroatoms. The number of nitrogens with zero attached hydrogens (tertiary/aromatic N) is 1. The Balaban J connectivity index is 1.98. The Bertz CT molecular complexity index is 404. The second-order valence-corrected chi connectivity index (χ2v) is 8.64. The maximum absolute atomic E-state index is 11.6. The molecule has 0 amide bonds. The van der Waals surface area contributed by atoms with E-state index < -0.39 is 9.84 Å². The zero-order valence-corrected chi connectivity index (χ0v) is 13.3. The van der Waals surface area contributed by atoms with Gasteiger partial charge in [-0.1, -0.05) is 13.8 Å². The summed E-state index contributed by atoms with van der Waals surface area (Å²) in [7, 11) is -2.75. The number of sulfone groups is 1. The lowest BCUT2D eigenvalue weighted by Gasteiger charge is -2.47. The average Bonchev–Trinajstić information content (AvgIpc) is 2.72. The third kappa shape index (κ3) is 3.50. The Morgan fingerprint density at radius 2 is 2.00 bits per heavy atom. The van der Waals surface area contributed by atoms with Crippen LogP contribution in [0.1, 0.15) is 40.0 Å². The summed E-state index contributed by atoms with van der Waals surface area (Å²) in [6.07, 6.45) is 3.12. The highest BCUT2D eigenvalue weighted by Gasteiger charge is 2.37. The van der Waals surface area contributed by atoms with Gasteiger partial charge in [0.05, 0.1) is 11.5 Å². The summed E-state index contributed by atoms with van der Waals surface area (Å²) in [4.78, 5) is 2.51. The van der Waals surface area contributed by atoms with Crippen molar-refractivity contribution >= 4 is 9.84 Å². The molecule has 19 heavy (non-hydrogen) atoms. The summed E-state index contributed by atoms with van der Waals surface area (Å²) in [5, 5.41) is 3.69. The lowest BCUT2D eigenvalue weighted by molar-refractivity contribution is 0.0699. The van der Waals surface area contributed by atoms with Gasteiger partial charge < -0.3 is 5.32 Å². The fourth-order valence-corrected chi connectivity index (χ4v) is 5.26. The van der Waals surface area contributed by atoms with Crippen molar-refractivity contribution in [3.05, 3.63) is 0 Å². The van der Waals surface area contributed by atoms with Gasteiger partial charge in [0.2, 0.25) is 0 Å². The predicted molar refractivity (Wildman–Crippen MR) is 79.1 cm³/mol. The molecule has 2 rings (SSSR count). The van der Waals surface area contributed by atoms with E-state index in [9.17, 15) is 8.42 Å². The highest BCUT2D eigenvalue weighted by molar-refractivity contribution is 7.91. The van der Waals surface area contributed by atoms with Crippen molar-refractivity contribution in [1.82, 2.24) is 10.2 Å². The Kier molecular flexibility index (Phi) is 4.58. The van der Waals surface area contributed by atoms with Crippen molar-refractivity contribution in [3.8, 4) is 0 Å². The van der Waals surface area contributed by atoms with Crippen LogP contribution < -0.4 is 5.32 Å². The second kappa shape index (κ2) is 5.70. The van der Waals surface area contributed by atoms with E-state index in [0.29, 0.717) is 23.5 Å². The number of rotatable bonds is 4. The minimum Gasteiger partial charge on any atom is -0.308 e. The zero-order valence-electron chi connectivity index (χ0n) is 12.5. The van der Waals surface area contributed by atoms with Crippen molar-refractivity contribution in [2.24, 2.45) is 5.92 Å². The molecular weight excluding hydrogens is 260 g/mol. The number of hydrogen-bond acceptors (Lipinski definition) is 4. The first-order chi connectivity index (χ1) is 8.90. The quantitative estimate of drug-likeness (QED) is 0.846. The van der Waals surface area contributed by atoms with Crippen molar-refractivity contribution in [3.63, 3.8) is 0 Å². The fourth-order valence-electron chi connectivity index (χ4n) is 3.41. The van der Waals surface area contributed by atoms with E-state index in [1.165, 1.54) is 0 Å². The monoisotopic (exact) mass is 288 g/mol. The first kappa shape index (κ1) is 15.3.